The zero-order valence-electron chi connectivity index (χ0n) is 19.9. The maximum Gasteiger partial charge on any atom is 0.272 e. The number of carbonyl (C=O) groups excluding carboxylic acids is 2. The number of anilines is 2. The molecule has 1 saturated heterocycles. The maximum absolute atomic E-state index is 13.2. The molecule has 1 aromatic heterocycles. The van der Waals surface area contributed by atoms with Gasteiger partial charge in [-0.15, -0.1) is 0 Å². The van der Waals surface area contributed by atoms with Crippen molar-refractivity contribution in [3.05, 3.63) is 48.2 Å². The van der Waals surface area contributed by atoms with E-state index in [1.54, 1.807) is 18.5 Å². The van der Waals surface area contributed by atoms with E-state index in [4.69, 9.17) is 16.2 Å². The second kappa shape index (κ2) is 8.94. The van der Waals surface area contributed by atoms with Crippen molar-refractivity contribution in [1.29, 1.82) is 0 Å². The molecule has 180 valence electrons. The molecule has 0 atom stereocenters. The van der Waals surface area contributed by atoms with Crippen LogP contribution in [0.4, 0.5) is 11.4 Å². The summed E-state index contributed by atoms with van der Waals surface area (Å²) in [6.45, 7) is 7.31. The Morgan fingerprint density at radius 3 is 2.53 bits per heavy atom. The van der Waals surface area contributed by atoms with Crippen LogP contribution in [0.5, 0.6) is 5.75 Å². The number of piperazine rings is 1. The quantitative estimate of drug-likeness (QED) is 0.425. The second-order valence-corrected chi connectivity index (χ2v) is 9.80. The van der Waals surface area contributed by atoms with E-state index in [-0.39, 0.29) is 28.8 Å². The lowest BCUT2D eigenvalue weighted by atomic mass is 10.0. The van der Waals surface area contributed by atoms with Crippen molar-refractivity contribution >= 4 is 28.8 Å². The van der Waals surface area contributed by atoms with E-state index in [0.717, 1.165) is 36.5 Å². The van der Waals surface area contributed by atoms with Crippen molar-refractivity contribution in [2.45, 2.75) is 25.9 Å². The molecule has 0 radical (unpaired) electrons. The zero-order valence-corrected chi connectivity index (χ0v) is 19.9. The van der Waals surface area contributed by atoms with Gasteiger partial charge >= 0.3 is 0 Å². The first-order chi connectivity index (χ1) is 16.1. The van der Waals surface area contributed by atoms with Gasteiger partial charge in [-0.25, -0.2) is 9.97 Å². The van der Waals surface area contributed by atoms with Crippen molar-refractivity contribution in [1.82, 2.24) is 9.97 Å². The zero-order chi connectivity index (χ0) is 24.5. The van der Waals surface area contributed by atoms with Crippen LogP contribution in [0.2, 0.25) is 0 Å². The van der Waals surface area contributed by atoms with Gasteiger partial charge in [0.1, 0.15) is 11.4 Å². The number of nitrogens with one attached hydrogen (secondary N) is 1. The Morgan fingerprint density at radius 1 is 1.24 bits per heavy atom. The molecule has 2 aliphatic rings. The topological polar surface area (TPSA) is 136 Å². The van der Waals surface area contributed by atoms with Gasteiger partial charge in [-0.2, -0.15) is 0 Å². The number of amides is 2. The predicted octanol–water partition coefficient (Wildman–Crippen LogP) is 0.880. The van der Waals surface area contributed by atoms with E-state index in [1.807, 2.05) is 33.0 Å². The van der Waals surface area contributed by atoms with Crippen molar-refractivity contribution < 1.29 is 18.8 Å². The Kier molecular flexibility index (Phi) is 6.18. The molecule has 10 heteroatoms. The molecule has 10 nitrogen and oxygen atoms in total. The van der Waals surface area contributed by atoms with Crippen LogP contribution < -0.4 is 26.4 Å². The summed E-state index contributed by atoms with van der Waals surface area (Å²) >= 11 is 0. The Bertz CT molecular complexity index is 1120. The van der Waals surface area contributed by atoms with Crippen LogP contribution in [-0.4, -0.2) is 71.6 Å². The first-order valence-electron chi connectivity index (χ1n) is 11.3. The fraction of sp³-hybridized carbons (Fsp3) is 0.417. The molecule has 0 aliphatic carbocycles. The Balaban J connectivity index is 1.63. The highest BCUT2D eigenvalue weighted by Crippen LogP contribution is 2.42. The van der Waals surface area contributed by atoms with Gasteiger partial charge in [0, 0.05) is 36.6 Å². The molecule has 1 aromatic carbocycles. The number of ether oxygens (including phenoxy) is 1. The first kappa shape index (κ1) is 23.5. The molecule has 0 spiro atoms. The molecule has 2 aliphatic heterocycles. The highest BCUT2D eigenvalue weighted by atomic mass is 16.5. The molecule has 2 amide bonds. The molecule has 4 rings (SSSR count). The number of aromatic nitrogens is 2. The van der Waals surface area contributed by atoms with E-state index in [1.165, 1.54) is 6.20 Å². The number of hydrogen-bond acceptors (Lipinski definition) is 7. The lowest BCUT2D eigenvalue weighted by Crippen LogP contribution is -2.60. The molecule has 0 bridgehead atoms. The largest absolute Gasteiger partial charge is 0.487 e. The van der Waals surface area contributed by atoms with Crippen LogP contribution in [0, 0.1) is 0 Å². The van der Waals surface area contributed by atoms with Gasteiger partial charge in [-0.05, 0) is 26.0 Å². The number of nitrogens with two attached hydrogens (primary N) is 2. The summed E-state index contributed by atoms with van der Waals surface area (Å²) in [4.78, 5) is 35.2. The van der Waals surface area contributed by atoms with E-state index < -0.39 is 0 Å². The molecule has 0 unspecified atom stereocenters. The molecule has 0 saturated carbocycles. The molecular formula is C24H32N7O3+. The van der Waals surface area contributed by atoms with Crippen molar-refractivity contribution in [2.24, 2.45) is 11.5 Å². The van der Waals surface area contributed by atoms with Gasteiger partial charge in [-0.3, -0.25) is 9.59 Å². The van der Waals surface area contributed by atoms with Crippen LogP contribution in [0.15, 0.2) is 36.8 Å². The maximum atomic E-state index is 13.2. The van der Waals surface area contributed by atoms with Gasteiger partial charge in [-0.1, -0.05) is 0 Å². The van der Waals surface area contributed by atoms with Crippen LogP contribution >= 0.6 is 0 Å². The normalized spacial score (nSPS) is 18.7. The van der Waals surface area contributed by atoms with Gasteiger partial charge in [0.15, 0.2) is 12.4 Å². The molecule has 34 heavy (non-hydrogen) atoms. The monoisotopic (exact) mass is 466 g/mol. The lowest BCUT2D eigenvalue weighted by Gasteiger charge is -2.42. The minimum atomic E-state index is -0.389. The van der Waals surface area contributed by atoms with E-state index in [2.05, 4.69) is 20.2 Å². The predicted molar refractivity (Wildman–Crippen MR) is 130 cm³/mol. The number of primary amides is 1. The average molecular weight is 467 g/mol. The van der Waals surface area contributed by atoms with Crippen LogP contribution in [-0.2, 0) is 16.0 Å². The highest BCUT2D eigenvalue weighted by molar-refractivity contribution is 6.24. The van der Waals surface area contributed by atoms with Crippen molar-refractivity contribution in [3.8, 4) is 5.75 Å². The third-order valence-electron chi connectivity index (χ3n) is 6.35. The van der Waals surface area contributed by atoms with Crippen LogP contribution in [0.3, 0.4) is 0 Å². The minimum Gasteiger partial charge on any atom is -0.487 e. The number of hydrogen-bond donors (Lipinski definition) is 3. The number of fused-ring (bicyclic) bond motifs is 1. The Hall–Kier alpha value is -3.66. The number of likely N-dealkylation sites (N-methyl/N-ethyl adjacent to an activating group) is 1. The van der Waals surface area contributed by atoms with Gasteiger partial charge in [0.2, 0.25) is 0 Å². The van der Waals surface area contributed by atoms with Crippen LogP contribution in [0.1, 0.15) is 25.2 Å². The summed E-state index contributed by atoms with van der Waals surface area (Å²) in [6, 6.07) is 5.65. The molecule has 3 heterocycles. The molecule has 1 fully saturated rings. The molecule has 2 aromatic rings. The number of quaternary nitrogens is 1. The number of rotatable bonds is 6. The van der Waals surface area contributed by atoms with Crippen molar-refractivity contribution in [3.63, 3.8) is 0 Å². The summed E-state index contributed by atoms with van der Waals surface area (Å²) < 4.78 is 6.75. The molecule has 5 N–H and O–H groups in total. The summed E-state index contributed by atoms with van der Waals surface area (Å²) in [5.74, 6) is 0.381. The van der Waals surface area contributed by atoms with E-state index in [0.29, 0.717) is 29.8 Å². The third kappa shape index (κ3) is 4.96. The lowest BCUT2D eigenvalue weighted by molar-refractivity contribution is -0.902. The number of nitrogens with zero attached hydrogens (tertiary/aromatic N) is 4. The number of benzene rings is 1. The summed E-state index contributed by atoms with van der Waals surface area (Å²) in [5, 5.41) is 3.02. The van der Waals surface area contributed by atoms with E-state index in [9.17, 15) is 9.59 Å². The van der Waals surface area contributed by atoms with Gasteiger partial charge in [0.25, 0.3) is 11.8 Å². The average Bonchev–Trinajstić information content (AvgIpc) is 3.07. The second-order valence-electron chi connectivity index (χ2n) is 9.80. The summed E-state index contributed by atoms with van der Waals surface area (Å²) in [7, 11) is 2.04. The van der Waals surface area contributed by atoms with E-state index >= 15 is 0 Å². The van der Waals surface area contributed by atoms with Gasteiger partial charge in [0.05, 0.1) is 50.2 Å². The third-order valence-corrected chi connectivity index (χ3v) is 6.35. The minimum absolute atomic E-state index is 0.188. The Labute approximate surface area is 199 Å². The number of carbonyl (C=O) groups is 2. The smallest absolute Gasteiger partial charge is 0.272 e. The Morgan fingerprint density at radius 2 is 1.91 bits per heavy atom. The SMILES string of the molecule is CC1(C)Cc2cc(NC(=O)C(=CN)c3ncccn3)c(N3CC[N+](C)(CC(N)=O)CC3)cc2O1. The summed E-state index contributed by atoms with van der Waals surface area (Å²) in [6.07, 6.45) is 5.08. The molecular weight excluding hydrogens is 434 g/mol. The van der Waals surface area contributed by atoms with Gasteiger partial charge < -0.3 is 30.9 Å². The standard InChI is InChI=1S/C24H31N7O3/c1-24(2)13-16-11-18(29-23(33)17(14-25)22-27-5-4-6-28-22)19(12-20(16)34-24)30-7-9-31(3,10-8-30)15-21(26)32/h4-6,11-12,14H,7-10,13,15H2,1-3H3,(H4-,25,26,27,28,29,32,33)/p+1. The highest BCUT2D eigenvalue weighted by Gasteiger charge is 2.35. The first-order valence-corrected chi connectivity index (χ1v) is 11.3. The summed E-state index contributed by atoms with van der Waals surface area (Å²) in [5.41, 5.74) is 13.7. The van der Waals surface area contributed by atoms with Crippen LogP contribution in [0.25, 0.3) is 5.57 Å². The fourth-order valence-corrected chi connectivity index (χ4v) is 4.60. The van der Waals surface area contributed by atoms with Crippen molar-refractivity contribution in [2.75, 3.05) is 50.0 Å². The fourth-order valence-electron chi connectivity index (χ4n) is 4.60.